The molecule has 0 fully saturated rings. The Balaban J connectivity index is 1.07. The van der Waals surface area contributed by atoms with Crippen molar-refractivity contribution < 1.29 is 8.83 Å². The van der Waals surface area contributed by atoms with Crippen molar-refractivity contribution in [3.05, 3.63) is 206 Å². The molecular weight excluding hydrogens is 695 g/mol. The third-order valence-electron chi connectivity index (χ3n) is 11.3. The maximum absolute atomic E-state index is 6.57. The Hall–Kier alpha value is -7.36. The third kappa shape index (κ3) is 5.75. The summed E-state index contributed by atoms with van der Waals surface area (Å²) in [6.45, 7) is 0. The van der Waals surface area contributed by atoms with Gasteiger partial charge in [-0.2, -0.15) is 0 Å². The number of fused-ring (bicyclic) bond motifs is 6. The van der Waals surface area contributed by atoms with E-state index in [-0.39, 0.29) is 0 Å². The molecule has 10 aromatic rings. The molecule has 0 atom stereocenters. The number of anilines is 3. The zero-order chi connectivity index (χ0) is 37.7. The molecule has 57 heavy (non-hydrogen) atoms. The molecule has 0 bridgehead atoms. The van der Waals surface area contributed by atoms with Gasteiger partial charge in [-0.15, -0.1) is 0 Å². The third-order valence-corrected chi connectivity index (χ3v) is 11.3. The Bertz CT molecular complexity index is 3160. The van der Waals surface area contributed by atoms with Gasteiger partial charge in [0, 0.05) is 49.7 Å². The summed E-state index contributed by atoms with van der Waals surface area (Å²) in [6.07, 6.45) is 9.01. The zero-order valence-corrected chi connectivity index (χ0v) is 31.2. The van der Waals surface area contributed by atoms with Crippen LogP contribution in [0.3, 0.4) is 0 Å². The molecule has 0 N–H and O–H groups in total. The summed E-state index contributed by atoms with van der Waals surface area (Å²) in [7, 11) is 0. The fraction of sp³-hybridized carbons (Fsp3) is 0.0370. The normalized spacial score (nSPS) is 12.8. The molecule has 0 aliphatic heterocycles. The predicted octanol–water partition coefficient (Wildman–Crippen LogP) is 15.7. The summed E-state index contributed by atoms with van der Waals surface area (Å²) in [5.74, 6) is 0. The van der Waals surface area contributed by atoms with Gasteiger partial charge in [0.15, 0.2) is 0 Å². The van der Waals surface area contributed by atoms with Crippen LogP contribution in [0.1, 0.15) is 18.4 Å². The fourth-order valence-electron chi connectivity index (χ4n) is 8.56. The summed E-state index contributed by atoms with van der Waals surface area (Å²) in [6, 6.07) is 64.8. The molecule has 2 heterocycles. The number of para-hydroxylation sites is 4. The Morgan fingerprint density at radius 3 is 1.56 bits per heavy atom. The molecule has 2 aromatic heterocycles. The van der Waals surface area contributed by atoms with Gasteiger partial charge in [0.2, 0.25) is 0 Å². The molecule has 0 spiro atoms. The molecule has 270 valence electrons. The second-order valence-corrected chi connectivity index (χ2v) is 14.7. The molecule has 0 amide bonds. The number of rotatable bonds is 7. The van der Waals surface area contributed by atoms with Gasteiger partial charge >= 0.3 is 0 Å². The van der Waals surface area contributed by atoms with Gasteiger partial charge in [0.25, 0.3) is 0 Å². The van der Waals surface area contributed by atoms with E-state index in [1.165, 1.54) is 11.1 Å². The van der Waals surface area contributed by atoms with E-state index >= 15 is 0 Å². The summed E-state index contributed by atoms with van der Waals surface area (Å²) in [5.41, 5.74) is 16.0. The summed E-state index contributed by atoms with van der Waals surface area (Å²) < 4.78 is 13.0. The maximum Gasteiger partial charge on any atom is 0.143 e. The van der Waals surface area contributed by atoms with Crippen LogP contribution >= 0.6 is 0 Å². The molecule has 0 unspecified atom stereocenters. The molecule has 11 rings (SSSR count). The quantitative estimate of drug-likeness (QED) is 0.163. The fourth-order valence-corrected chi connectivity index (χ4v) is 8.56. The minimum Gasteiger partial charge on any atom is -0.455 e. The molecule has 0 radical (unpaired) electrons. The van der Waals surface area contributed by atoms with Crippen molar-refractivity contribution in [3.63, 3.8) is 0 Å². The highest BCUT2D eigenvalue weighted by Crippen LogP contribution is 2.45. The smallest absolute Gasteiger partial charge is 0.143 e. The van der Waals surface area contributed by atoms with Crippen molar-refractivity contribution in [1.82, 2.24) is 0 Å². The standard InChI is InChI=1S/C54H37NO2/c1-3-13-36(14-4-1)37-25-29-40(30-26-37)55(41-31-27-39(28-32-41)43-19-11-21-48-45-17-7-9-23-51(45)56-53(43)48)42-33-34-44(50(35-42)38-15-5-2-6-16-38)47-20-12-22-49-46-18-8-10-24-52(46)57-54(47)49/h2-3,5-35H,1,4H2. The van der Waals surface area contributed by atoms with Crippen molar-refractivity contribution in [2.45, 2.75) is 12.8 Å². The first-order chi connectivity index (χ1) is 28.3. The van der Waals surface area contributed by atoms with Crippen LogP contribution in [0, 0.1) is 0 Å². The Labute approximate surface area is 331 Å². The Kier molecular flexibility index (Phi) is 7.96. The van der Waals surface area contributed by atoms with Gasteiger partial charge in [-0.25, -0.2) is 0 Å². The van der Waals surface area contributed by atoms with Crippen LogP contribution in [0.2, 0.25) is 0 Å². The molecule has 3 heteroatoms. The first kappa shape index (κ1) is 33.0. The van der Waals surface area contributed by atoms with Gasteiger partial charge in [0.1, 0.15) is 22.3 Å². The van der Waals surface area contributed by atoms with E-state index in [0.717, 1.165) is 107 Å². The lowest BCUT2D eigenvalue weighted by Gasteiger charge is -2.27. The average Bonchev–Trinajstić information content (AvgIpc) is 3.87. The summed E-state index contributed by atoms with van der Waals surface area (Å²) in [5, 5.41) is 4.51. The van der Waals surface area contributed by atoms with Crippen LogP contribution in [-0.2, 0) is 0 Å². The van der Waals surface area contributed by atoms with Crippen LogP contribution in [0.5, 0.6) is 0 Å². The topological polar surface area (TPSA) is 29.5 Å². The van der Waals surface area contributed by atoms with Gasteiger partial charge in [-0.1, -0.05) is 152 Å². The van der Waals surface area contributed by atoms with Crippen molar-refractivity contribution in [2.75, 3.05) is 4.90 Å². The Morgan fingerprint density at radius 1 is 0.368 bits per heavy atom. The maximum atomic E-state index is 6.57. The number of hydrogen-bond acceptors (Lipinski definition) is 3. The lowest BCUT2D eigenvalue weighted by atomic mass is 9.92. The average molecular weight is 732 g/mol. The van der Waals surface area contributed by atoms with Crippen LogP contribution < -0.4 is 4.90 Å². The SMILES string of the molecule is C1=CC(c2ccc(N(c3ccc(-c4cccc5c4oc4ccccc45)cc3)c3ccc(-c4cccc5c4oc4ccccc45)c(-c4ccccc4)c3)cc2)=CCC1. The van der Waals surface area contributed by atoms with Crippen LogP contribution in [0.15, 0.2) is 209 Å². The molecule has 0 saturated heterocycles. The summed E-state index contributed by atoms with van der Waals surface area (Å²) >= 11 is 0. The van der Waals surface area contributed by atoms with Gasteiger partial charge in [-0.05, 0) is 94.8 Å². The minimum absolute atomic E-state index is 0.895. The number of allylic oxidation sites excluding steroid dienone is 4. The van der Waals surface area contributed by atoms with E-state index in [9.17, 15) is 0 Å². The largest absolute Gasteiger partial charge is 0.455 e. The monoisotopic (exact) mass is 731 g/mol. The molecule has 1 aliphatic carbocycles. The second-order valence-electron chi connectivity index (χ2n) is 14.7. The van der Waals surface area contributed by atoms with Crippen molar-refractivity contribution in [1.29, 1.82) is 0 Å². The highest BCUT2D eigenvalue weighted by molar-refractivity contribution is 6.11. The number of benzene rings is 8. The Morgan fingerprint density at radius 2 is 0.912 bits per heavy atom. The minimum atomic E-state index is 0.895. The van der Waals surface area contributed by atoms with Crippen molar-refractivity contribution >= 4 is 66.5 Å². The predicted molar refractivity (Wildman–Crippen MR) is 238 cm³/mol. The van der Waals surface area contributed by atoms with Crippen LogP contribution in [0.25, 0.3) is 82.8 Å². The highest BCUT2D eigenvalue weighted by Gasteiger charge is 2.20. The second kappa shape index (κ2) is 13.7. The van der Waals surface area contributed by atoms with Crippen LogP contribution in [0.4, 0.5) is 17.1 Å². The molecule has 0 saturated carbocycles. The zero-order valence-electron chi connectivity index (χ0n) is 31.2. The molecule has 3 nitrogen and oxygen atoms in total. The lowest BCUT2D eigenvalue weighted by Crippen LogP contribution is -2.10. The van der Waals surface area contributed by atoms with Crippen molar-refractivity contribution in [3.8, 4) is 33.4 Å². The number of nitrogens with zero attached hydrogens (tertiary/aromatic N) is 1. The first-order valence-electron chi connectivity index (χ1n) is 19.6. The first-order valence-corrected chi connectivity index (χ1v) is 19.6. The molecule has 1 aliphatic rings. The lowest BCUT2D eigenvalue weighted by molar-refractivity contribution is 0.669. The van der Waals surface area contributed by atoms with Gasteiger partial charge in [-0.3, -0.25) is 0 Å². The molecular formula is C54H37NO2. The van der Waals surface area contributed by atoms with E-state index in [1.54, 1.807) is 0 Å². The molecule has 8 aromatic carbocycles. The van der Waals surface area contributed by atoms with E-state index in [0.29, 0.717) is 0 Å². The summed E-state index contributed by atoms with van der Waals surface area (Å²) in [4.78, 5) is 2.36. The van der Waals surface area contributed by atoms with E-state index in [2.05, 4.69) is 181 Å². The highest BCUT2D eigenvalue weighted by atomic mass is 16.3. The van der Waals surface area contributed by atoms with Crippen molar-refractivity contribution in [2.24, 2.45) is 0 Å². The van der Waals surface area contributed by atoms with Gasteiger partial charge in [0.05, 0.1) is 0 Å². The number of hydrogen-bond donors (Lipinski definition) is 0. The van der Waals surface area contributed by atoms with E-state index in [1.807, 2.05) is 24.3 Å². The van der Waals surface area contributed by atoms with Gasteiger partial charge < -0.3 is 13.7 Å². The van der Waals surface area contributed by atoms with E-state index in [4.69, 9.17) is 8.83 Å². The van der Waals surface area contributed by atoms with E-state index < -0.39 is 0 Å². The van der Waals surface area contributed by atoms with Crippen LogP contribution in [-0.4, -0.2) is 0 Å². The number of furan rings is 2.